The number of amides is 1. The molecule has 20 heavy (non-hydrogen) atoms. The summed E-state index contributed by atoms with van der Waals surface area (Å²) in [6, 6.07) is 10.8. The predicted octanol–water partition coefficient (Wildman–Crippen LogP) is 3.09. The van der Waals surface area contributed by atoms with Gasteiger partial charge in [0.1, 0.15) is 5.76 Å². The minimum atomic E-state index is -0.337. The number of carbonyl (C=O) groups is 1. The summed E-state index contributed by atoms with van der Waals surface area (Å²) in [6.45, 7) is 0. The van der Waals surface area contributed by atoms with Gasteiger partial charge in [-0.2, -0.15) is 0 Å². The Bertz CT molecular complexity index is 636. The maximum absolute atomic E-state index is 11.6. The standard InChI is InChI=1S/C14H12N2O2S2/c17-13(8-7-10-4-3-9-18-10)16-14(20)15-11-5-1-2-6-12(11)19/h1-9,19H,(H2,15,16,17,20)/b8-7+. The van der Waals surface area contributed by atoms with Crippen molar-refractivity contribution in [1.29, 1.82) is 0 Å². The lowest BCUT2D eigenvalue weighted by atomic mass is 10.3. The summed E-state index contributed by atoms with van der Waals surface area (Å²) >= 11 is 9.34. The molecular weight excluding hydrogens is 292 g/mol. The van der Waals surface area contributed by atoms with Gasteiger partial charge in [0.05, 0.1) is 12.0 Å². The van der Waals surface area contributed by atoms with Crippen molar-refractivity contribution in [2.45, 2.75) is 4.90 Å². The molecule has 102 valence electrons. The van der Waals surface area contributed by atoms with Crippen LogP contribution in [0.4, 0.5) is 5.69 Å². The highest BCUT2D eigenvalue weighted by Crippen LogP contribution is 2.18. The van der Waals surface area contributed by atoms with Gasteiger partial charge in [-0.25, -0.2) is 0 Å². The lowest BCUT2D eigenvalue weighted by Crippen LogP contribution is -2.32. The summed E-state index contributed by atoms with van der Waals surface area (Å²) in [4.78, 5) is 12.4. The molecule has 0 bridgehead atoms. The van der Waals surface area contributed by atoms with Crippen molar-refractivity contribution in [3.8, 4) is 0 Å². The fourth-order valence-electron chi connectivity index (χ4n) is 1.43. The Balaban J connectivity index is 1.88. The number of nitrogens with one attached hydrogen (secondary N) is 2. The average Bonchev–Trinajstić information content (AvgIpc) is 2.92. The minimum Gasteiger partial charge on any atom is -0.465 e. The van der Waals surface area contributed by atoms with E-state index in [9.17, 15) is 4.79 Å². The molecular formula is C14H12N2O2S2. The molecule has 0 radical (unpaired) electrons. The van der Waals surface area contributed by atoms with Gasteiger partial charge in [-0.1, -0.05) is 12.1 Å². The van der Waals surface area contributed by atoms with E-state index in [2.05, 4.69) is 23.3 Å². The Morgan fingerprint density at radius 1 is 1.25 bits per heavy atom. The average molecular weight is 304 g/mol. The SMILES string of the molecule is O=C(/C=C/c1ccco1)NC(=S)Nc1ccccc1S. The maximum atomic E-state index is 11.6. The number of hydrogen-bond donors (Lipinski definition) is 3. The Kier molecular flexibility index (Phi) is 4.97. The van der Waals surface area contributed by atoms with E-state index < -0.39 is 0 Å². The molecule has 0 saturated carbocycles. The first kappa shape index (κ1) is 14.4. The van der Waals surface area contributed by atoms with Crippen LogP contribution in [0.2, 0.25) is 0 Å². The molecule has 6 heteroatoms. The number of furan rings is 1. The van der Waals surface area contributed by atoms with Crippen LogP contribution in [0.5, 0.6) is 0 Å². The van der Waals surface area contributed by atoms with Crippen LogP contribution < -0.4 is 10.6 Å². The number of thiol groups is 1. The van der Waals surface area contributed by atoms with Gasteiger partial charge in [0.2, 0.25) is 5.91 Å². The predicted molar refractivity (Wildman–Crippen MR) is 85.8 cm³/mol. The molecule has 1 aromatic carbocycles. The minimum absolute atomic E-state index is 0.209. The highest BCUT2D eigenvalue weighted by Gasteiger charge is 2.03. The molecule has 1 amide bonds. The van der Waals surface area contributed by atoms with Crippen LogP contribution in [0, 0.1) is 0 Å². The van der Waals surface area contributed by atoms with Crippen LogP contribution >= 0.6 is 24.8 Å². The number of anilines is 1. The third-order valence-electron chi connectivity index (χ3n) is 2.33. The van der Waals surface area contributed by atoms with Gasteiger partial charge in [0.25, 0.3) is 0 Å². The molecule has 0 atom stereocenters. The zero-order valence-electron chi connectivity index (χ0n) is 10.4. The highest BCUT2D eigenvalue weighted by molar-refractivity contribution is 7.81. The van der Waals surface area contributed by atoms with Crippen molar-refractivity contribution in [3.63, 3.8) is 0 Å². The van der Waals surface area contributed by atoms with Crippen LogP contribution in [-0.4, -0.2) is 11.0 Å². The number of para-hydroxylation sites is 1. The van der Waals surface area contributed by atoms with Crippen LogP contribution in [-0.2, 0) is 4.79 Å². The molecule has 2 aromatic rings. The van der Waals surface area contributed by atoms with E-state index in [0.29, 0.717) is 5.76 Å². The number of thiocarbonyl (C=S) groups is 1. The van der Waals surface area contributed by atoms with Crippen molar-refractivity contribution < 1.29 is 9.21 Å². The summed E-state index contributed by atoms with van der Waals surface area (Å²) in [6.07, 6.45) is 4.44. The van der Waals surface area contributed by atoms with E-state index in [1.54, 1.807) is 18.2 Å². The molecule has 2 N–H and O–H groups in total. The molecule has 4 nitrogen and oxygen atoms in total. The zero-order chi connectivity index (χ0) is 14.4. The van der Waals surface area contributed by atoms with E-state index >= 15 is 0 Å². The summed E-state index contributed by atoms with van der Waals surface area (Å²) in [7, 11) is 0. The summed E-state index contributed by atoms with van der Waals surface area (Å²) in [5, 5.41) is 5.65. The molecule has 0 fully saturated rings. The van der Waals surface area contributed by atoms with E-state index in [1.165, 1.54) is 12.3 Å². The third kappa shape index (κ3) is 4.25. The summed E-state index contributed by atoms with van der Waals surface area (Å²) < 4.78 is 5.07. The maximum Gasteiger partial charge on any atom is 0.250 e. The van der Waals surface area contributed by atoms with Gasteiger partial charge in [-0.3, -0.25) is 10.1 Å². The Morgan fingerprint density at radius 3 is 2.75 bits per heavy atom. The Morgan fingerprint density at radius 2 is 2.05 bits per heavy atom. The van der Waals surface area contributed by atoms with Crippen LogP contribution in [0.15, 0.2) is 58.1 Å². The molecule has 0 saturated heterocycles. The van der Waals surface area contributed by atoms with Gasteiger partial charge < -0.3 is 9.73 Å². The first-order valence-corrected chi connectivity index (χ1v) is 6.62. The molecule has 0 unspecified atom stereocenters. The lowest BCUT2D eigenvalue weighted by molar-refractivity contribution is -0.115. The van der Waals surface area contributed by atoms with Crippen LogP contribution in [0.3, 0.4) is 0 Å². The highest BCUT2D eigenvalue weighted by atomic mass is 32.1. The van der Waals surface area contributed by atoms with Gasteiger partial charge in [-0.05, 0) is 42.6 Å². The van der Waals surface area contributed by atoms with Crippen molar-refractivity contribution in [1.82, 2.24) is 5.32 Å². The van der Waals surface area contributed by atoms with Crippen LogP contribution in [0.25, 0.3) is 6.08 Å². The molecule has 1 aromatic heterocycles. The third-order valence-corrected chi connectivity index (χ3v) is 2.93. The van der Waals surface area contributed by atoms with Crippen LogP contribution in [0.1, 0.15) is 5.76 Å². The quantitative estimate of drug-likeness (QED) is 0.463. The van der Waals surface area contributed by atoms with Gasteiger partial charge in [0.15, 0.2) is 5.11 Å². The zero-order valence-corrected chi connectivity index (χ0v) is 12.1. The monoisotopic (exact) mass is 304 g/mol. The molecule has 0 spiro atoms. The van der Waals surface area contributed by atoms with E-state index in [4.69, 9.17) is 16.6 Å². The van der Waals surface area contributed by atoms with E-state index in [-0.39, 0.29) is 11.0 Å². The second-order valence-electron chi connectivity index (χ2n) is 3.81. The van der Waals surface area contributed by atoms with E-state index in [0.717, 1.165) is 10.6 Å². The summed E-state index contributed by atoms with van der Waals surface area (Å²) in [5.74, 6) is 0.260. The van der Waals surface area contributed by atoms with Crippen molar-refractivity contribution in [3.05, 3.63) is 54.5 Å². The Labute approximate surface area is 127 Å². The van der Waals surface area contributed by atoms with Crippen molar-refractivity contribution >= 4 is 47.6 Å². The molecule has 2 rings (SSSR count). The largest absolute Gasteiger partial charge is 0.465 e. The lowest BCUT2D eigenvalue weighted by Gasteiger charge is -2.09. The number of rotatable bonds is 3. The first-order chi connectivity index (χ1) is 9.65. The fraction of sp³-hybridized carbons (Fsp3) is 0. The van der Waals surface area contributed by atoms with Gasteiger partial charge in [-0.15, -0.1) is 12.6 Å². The second-order valence-corrected chi connectivity index (χ2v) is 4.70. The molecule has 1 heterocycles. The number of hydrogen-bond acceptors (Lipinski definition) is 4. The van der Waals surface area contributed by atoms with Gasteiger partial charge >= 0.3 is 0 Å². The van der Waals surface area contributed by atoms with Crippen molar-refractivity contribution in [2.24, 2.45) is 0 Å². The van der Waals surface area contributed by atoms with E-state index in [1.807, 2.05) is 24.3 Å². The molecule has 0 aliphatic heterocycles. The van der Waals surface area contributed by atoms with Gasteiger partial charge in [0, 0.05) is 11.0 Å². The molecule has 0 aliphatic carbocycles. The van der Waals surface area contributed by atoms with Crippen molar-refractivity contribution in [2.75, 3.05) is 5.32 Å². The topological polar surface area (TPSA) is 54.3 Å². The smallest absolute Gasteiger partial charge is 0.250 e. The fourth-order valence-corrected chi connectivity index (χ4v) is 1.86. The normalized spacial score (nSPS) is 10.4. The summed E-state index contributed by atoms with van der Waals surface area (Å²) in [5.41, 5.74) is 0.733. The molecule has 0 aliphatic rings. The number of benzene rings is 1. The number of carbonyl (C=O) groups excluding carboxylic acids is 1. The second kappa shape index (κ2) is 6.93. The first-order valence-electron chi connectivity index (χ1n) is 5.77. The Hall–Kier alpha value is -2.05.